The molecule has 0 unspecified atom stereocenters. The summed E-state index contributed by atoms with van der Waals surface area (Å²) in [6.07, 6.45) is 13.6. The van der Waals surface area contributed by atoms with Crippen LogP contribution < -0.4 is 0 Å². The summed E-state index contributed by atoms with van der Waals surface area (Å²) >= 11 is 0. The van der Waals surface area contributed by atoms with Crippen LogP contribution >= 0.6 is 0 Å². The Kier molecular flexibility index (Phi) is 6.21. The molecule has 0 saturated heterocycles. The van der Waals surface area contributed by atoms with Crippen molar-refractivity contribution >= 4 is 0 Å². The Morgan fingerprint density at radius 2 is 1.94 bits per heavy atom. The van der Waals surface area contributed by atoms with Gasteiger partial charge in [-0.25, -0.2) is 30.7 Å². The average Bonchev–Trinajstić information content (AvgIpc) is 3.02. The third kappa shape index (κ3) is 5.39. The Morgan fingerprint density at radius 1 is 1.24 bits per heavy atom. The van der Waals surface area contributed by atoms with Gasteiger partial charge in [-0.05, 0) is 18.8 Å². The summed E-state index contributed by atoms with van der Waals surface area (Å²) in [5, 5.41) is 0. The molecule has 0 spiro atoms. The fourth-order valence-electron chi connectivity index (χ4n) is 2.26. The topological polar surface area (TPSA) is 0 Å². The minimum absolute atomic E-state index is 0. The number of hydrogen-bond donors (Lipinski definition) is 0. The second kappa shape index (κ2) is 8.33. The van der Waals surface area contributed by atoms with Crippen molar-refractivity contribution < 1.29 is 18.4 Å². The van der Waals surface area contributed by atoms with Gasteiger partial charge < -0.3 is 0 Å². The second-order valence-corrected chi connectivity index (χ2v) is 4.46. The first-order valence-corrected chi connectivity index (χ1v) is 6.22. The molecule has 1 heteroatoms. The molecule has 0 amide bonds. The summed E-state index contributed by atoms with van der Waals surface area (Å²) in [5.41, 5.74) is 1.37. The van der Waals surface area contributed by atoms with E-state index < -0.39 is 0 Å². The molecule has 0 atom stereocenters. The van der Waals surface area contributed by atoms with Crippen LogP contribution in [0.1, 0.15) is 33.5 Å². The van der Waals surface area contributed by atoms with Crippen LogP contribution in [0.2, 0.25) is 0 Å². The fourth-order valence-corrected chi connectivity index (χ4v) is 2.26. The van der Waals surface area contributed by atoms with Crippen molar-refractivity contribution in [3.63, 3.8) is 0 Å². The summed E-state index contributed by atoms with van der Waals surface area (Å²) in [4.78, 5) is 0. The molecule has 0 N–H and O–H groups in total. The van der Waals surface area contributed by atoms with E-state index in [0.717, 1.165) is 18.7 Å². The standard InChI is InChI=1S/C11H15.C5H5.Fe/c1-2-6-10(5-1)9-11-7-3-4-8-11;1-2-4-5-3-1;/h1-2,5,9,11H,3-4,6-8H2;1-5H;/q2*-1;+2/i2D;;. The third-order valence-electron chi connectivity index (χ3n) is 3.13. The van der Waals surface area contributed by atoms with E-state index in [4.69, 9.17) is 1.37 Å². The number of allylic oxidation sites excluding steroid dienone is 4. The van der Waals surface area contributed by atoms with Gasteiger partial charge in [-0.3, -0.25) is 0 Å². The summed E-state index contributed by atoms with van der Waals surface area (Å²) in [6, 6.07) is 10.0. The maximum Gasteiger partial charge on any atom is 2.00 e. The largest absolute Gasteiger partial charge is 2.00 e. The van der Waals surface area contributed by atoms with Gasteiger partial charge in [-0.2, -0.15) is 18.2 Å². The molecule has 2 aliphatic rings. The molecular weight excluding hydrogens is 248 g/mol. The molecule has 1 aromatic rings. The average molecular weight is 269 g/mol. The Labute approximate surface area is 117 Å². The van der Waals surface area contributed by atoms with Crippen LogP contribution in [-0.4, -0.2) is 0 Å². The zero-order chi connectivity index (χ0) is 11.9. The van der Waals surface area contributed by atoms with E-state index in [9.17, 15) is 0 Å². The minimum Gasteiger partial charge on any atom is -0.228 e. The van der Waals surface area contributed by atoms with E-state index in [1.165, 1.54) is 31.3 Å². The van der Waals surface area contributed by atoms with Gasteiger partial charge in [0.1, 0.15) is 0 Å². The summed E-state index contributed by atoms with van der Waals surface area (Å²) < 4.78 is 7.43. The van der Waals surface area contributed by atoms with Crippen molar-refractivity contribution in [3.8, 4) is 0 Å². The molecule has 0 aromatic heterocycles. The van der Waals surface area contributed by atoms with Crippen LogP contribution in [0.25, 0.3) is 0 Å². The van der Waals surface area contributed by atoms with E-state index in [1.54, 1.807) is 0 Å². The van der Waals surface area contributed by atoms with Crippen LogP contribution in [-0.2, 0) is 17.1 Å². The molecule has 1 fully saturated rings. The summed E-state index contributed by atoms with van der Waals surface area (Å²) in [6.45, 7) is 0. The smallest absolute Gasteiger partial charge is 0.228 e. The van der Waals surface area contributed by atoms with Gasteiger partial charge in [-0.15, -0.1) is 5.57 Å². The maximum absolute atomic E-state index is 7.43. The minimum atomic E-state index is 0. The van der Waals surface area contributed by atoms with Crippen molar-refractivity contribution in [1.82, 2.24) is 0 Å². The molecule has 0 radical (unpaired) electrons. The molecule has 0 aliphatic heterocycles. The molecule has 92 valence electrons. The molecule has 17 heavy (non-hydrogen) atoms. The molecule has 2 aliphatic carbocycles. The Bertz CT molecular complexity index is 341. The maximum atomic E-state index is 7.43. The molecule has 1 saturated carbocycles. The first-order valence-electron chi connectivity index (χ1n) is 6.72. The molecular formula is C16H20Fe. The molecule has 0 nitrogen and oxygen atoms in total. The fraction of sp³-hybridized carbons (Fsp3) is 0.375. The zero-order valence-corrected chi connectivity index (χ0v) is 11.2. The van der Waals surface area contributed by atoms with Crippen molar-refractivity contribution in [3.05, 3.63) is 60.5 Å². The van der Waals surface area contributed by atoms with Crippen LogP contribution in [0.4, 0.5) is 0 Å². The van der Waals surface area contributed by atoms with E-state index in [1.807, 2.05) is 36.4 Å². The molecule has 0 bridgehead atoms. The first-order chi connectivity index (χ1) is 8.34. The number of hydrogen-bond acceptors (Lipinski definition) is 0. The molecule has 3 rings (SSSR count). The molecule has 1 aromatic carbocycles. The normalized spacial score (nSPS) is 22.0. The Hall–Kier alpha value is -0.781. The van der Waals surface area contributed by atoms with Crippen LogP contribution in [0.3, 0.4) is 0 Å². The van der Waals surface area contributed by atoms with Gasteiger partial charge >= 0.3 is 17.1 Å². The SMILES string of the molecule is [2H][C-]1C=CC(=CC2CCCC2)C1.[Fe+2].c1cc[cH-]c1. The van der Waals surface area contributed by atoms with Gasteiger partial charge in [0.05, 0.1) is 0 Å². The van der Waals surface area contributed by atoms with E-state index in [-0.39, 0.29) is 17.1 Å². The second-order valence-electron chi connectivity index (χ2n) is 4.46. The predicted octanol–water partition coefficient (Wildman–Crippen LogP) is 4.67. The van der Waals surface area contributed by atoms with E-state index in [2.05, 4.69) is 12.2 Å². The van der Waals surface area contributed by atoms with Crippen LogP contribution in [0.15, 0.2) is 54.1 Å². The van der Waals surface area contributed by atoms with Gasteiger partial charge in [-0.1, -0.05) is 26.7 Å². The van der Waals surface area contributed by atoms with Crippen molar-refractivity contribution in [2.75, 3.05) is 0 Å². The predicted molar refractivity (Wildman–Crippen MR) is 70.1 cm³/mol. The quantitative estimate of drug-likeness (QED) is 0.513. The summed E-state index contributed by atoms with van der Waals surface area (Å²) in [7, 11) is 0. The Balaban J connectivity index is 0.000000230. The molecule has 0 heterocycles. The van der Waals surface area contributed by atoms with E-state index >= 15 is 0 Å². The monoisotopic (exact) mass is 269 g/mol. The van der Waals surface area contributed by atoms with E-state index in [0.29, 0.717) is 0 Å². The number of rotatable bonds is 1. The first kappa shape index (κ1) is 12.7. The summed E-state index contributed by atoms with van der Waals surface area (Å²) in [5.74, 6) is 0.815. The Morgan fingerprint density at radius 3 is 2.41 bits per heavy atom. The van der Waals surface area contributed by atoms with Crippen molar-refractivity contribution in [1.29, 1.82) is 0 Å². The van der Waals surface area contributed by atoms with Crippen molar-refractivity contribution in [2.45, 2.75) is 32.1 Å². The van der Waals surface area contributed by atoms with Crippen molar-refractivity contribution in [2.24, 2.45) is 5.92 Å². The van der Waals surface area contributed by atoms with Gasteiger partial charge in [0, 0.05) is 0 Å². The zero-order valence-electron chi connectivity index (χ0n) is 11.1. The van der Waals surface area contributed by atoms with Crippen LogP contribution in [0, 0.1) is 12.3 Å². The van der Waals surface area contributed by atoms with Gasteiger partial charge in [0.2, 0.25) is 0 Å². The third-order valence-corrected chi connectivity index (χ3v) is 3.13. The van der Waals surface area contributed by atoms with Crippen LogP contribution in [0.5, 0.6) is 0 Å². The van der Waals surface area contributed by atoms with Gasteiger partial charge in [0.25, 0.3) is 0 Å². The van der Waals surface area contributed by atoms with Gasteiger partial charge in [0.15, 0.2) is 0 Å².